The minimum absolute atomic E-state index is 0.240. The Labute approximate surface area is 111 Å². The molecule has 0 heterocycles. The van der Waals surface area contributed by atoms with Crippen molar-refractivity contribution in [1.82, 2.24) is 5.32 Å². The normalized spacial score (nSPS) is 11.7. The minimum Gasteiger partial charge on any atom is -0.480 e. The van der Waals surface area contributed by atoms with E-state index in [1.165, 1.54) is 12.1 Å². The highest BCUT2D eigenvalue weighted by Gasteiger charge is 2.24. The van der Waals surface area contributed by atoms with Crippen LogP contribution in [-0.4, -0.2) is 39.7 Å². The number of nitro benzene ring substituents is 1. The smallest absolute Gasteiger partial charge is 0.328 e. The van der Waals surface area contributed by atoms with Gasteiger partial charge in [0.2, 0.25) is 0 Å². The molecular weight excluding hydrogens is 280 g/mol. The Kier molecular flexibility index (Phi) is 4.79. The number of amides is 1. The fraction of sp³-hybridized carbons (Fsp3) is 0.200. The van der Waals surface area contributed by atoms with Crippen LogP contribution < -0.4 is 5.32 Å². The van der Waals surface area contributed by atoms with E-state index in [2.05, 4.69) is 0 Å². The molecule has 0 aliphatic heterocycles. The van der Waals surface area contributed by atoms with Gasteiger partial charge >= 0.3 is 5.97 Å². The number of aliphatic hydroxyl groups is 1. The average molecular weight is 289 g/mol. The summed E-state index contributed by atoms with van der Waals surface area (Å²) in [6, 6.07) is 2.05. The maximum absolute atomic E-state index is 11.7. The second kappa shape index (κ2) is 6.12. The van der Waals surface area contributed by atoms with Crippen LogP contribution in [0.1, 0.15) is 10.4 Å². The summed E-state index contributed by atoms with van der Waals surface area (Å²) in [4.78, 5) is 32.2. The molecule has 0 saturated carbocycles. The lowest BCUT2D eigenvalue weighted by molar-refractivity contribution is -0.384. The molecule has 102 valence electrons. The number of carboxylic acid groups (broad SMARTS) is 1. The van der Waals surface area contributed by atoms with Crippen molar-refractivity contribution in [2.75, 3.05) is 6.61 Å². The Morgan fingerprint density at radius 3 is 2.58 bits per heavy atom. The van der Waals surface area contributed by atoms with Gasteiger partial charge in [-0.2, -0.15) is 0 Å². The van der Waals surface area contributed by atoms with Gasteiger partial charge in [0.05, 0.1) is 17.1 Å². The number of hydrogen-bond donors (Lipinski definition) is 3. The lowest BCUT2D eigenvalue weighted by Crippen LogP contribution is -2.43. The number of hydrogen-bond acceptors (Lipinski definition) is 5. The Hall–Kier alpha value is -2.19. The second-order valence-electron chi connectivity index (χ2n) is 3.44. The highest BCUT2D eigenvalue weighted by Crippen LogP contribution is 2.27. The van der Waals surface area contributed by atoms with Crippen molar-refractivity contribution in [2.24, 2.45) is 0 Å². The van der Waals surface area contributed by atoms with Crippen molar-refractivity contribution in [3.63, 3.8) is 0 Å². The number of aliphatic hydroxyl groups excluding tert-OH is 1. The largest absolute Gasteiger partial charge is 0.480 e. The molecule has 9 heteroatoms. The van der Waals surface area contributed by atoms with Gasteiger partial charge in [0.25, 0.3) is 11.6 Å². The molecule has 1 aromatic carbocycles. The summed E-state index contributed by atoms with van der Waals surface area (Å²) in [7, 11) is 0. The van der Waals surface area contributed by atoms with Crippen LogP contribution in [0.5, 0.6) is 0 Å². The molecule has 0 bridgehead atoms. The molecule has 3 N–H and O–H groups in total. The molecule has 1 rings (SSSR count). The third kappa shape index (κ3) is 3.39. The van der Waals surface area contributed by atoms with Gasteiger partial charge in [-0.3, -0.25) is 14.9 Å². The van der Waals surface area contributed by atoms with Crippen molar-refractivity contribution in [3.05, 3.63) is 38.9 Å². The first-order valence-electron chi connectivity index (χ1n) is 4.96. The predicted molar refractivity (Wildman–Crippen MR) is 64.1 cm³/mol. The van der Waals surface area contributed by atoms with E-state index in [0.717, 1.165) is 6.07 Å². The van der Waals surface area contributed by atoms with Crippen LogP contribution in [0.4, 0.5) is 5.69 Å². The topological polar surface area (TPSA) is 130 Å². The van der Waals surface area contributed by atoms with Gasteiger partial charge in [-0.15, -0.1) is 0 Å². The van der Waals surface area contributed by atoms with Gasteiger partial charge in [0.1, 0.15) is 5.02 Å². The van der Waals surface area contributed by atoms with E-state index in [1.807, 2.05) is 5.32 Å². The molecule has 0 radical (unpaired) electrons. The van der Waals surface area contributed by atoms with Crippen LogP contribution >= 0.6 is 11.6 Å². The Bertz CT molecular complexity index is 533. The van der Waals surface area contributed by atoms with E-state index in [0.29, 0.717) is 0 Å². The van der Waals surface area contributed by atoms with Crippen molar-refractivity contribution in [1.29, 1.82) is 0 Å². The zero-order chi connectivity index (χ0) is 14.6. The zero-order valence-corrected chi connectivity index (χ0v) is 10.1. The summed E-state index contributed by atoms with van der Waals surface area (Å²) >= 11 is 5.69. The zero-order valence-electron chi connectivity index (χ0n) is 9.37. The van der Waals surface area contributed by atoms with Crippen molar-refractivity contribution >= 4 is 29.2 Å². The number of aliphatic carboxylic acids is 1. The van der Waals surface area contributed by atoms with Crippen LogP contribution in [-0.2, 0) is 4.79 Å². The Morgan fingerprint density at radius 2 is 2.11 bits per heavy atom. The summed E-state index contributed by atoms with van der Waals surface area (Å²) in [5, 5.41) is 29.7. The first kappa shape index (κ1) is 14.9. The monoisotopic (exact) mass is 288 g/mol. The number of nitro groups is 1. The lowest BCUT2D eigenvalue weighted by Gasteiger charge is -2.12. The van der Waals surface area contributed by atoms with Gasteiger partial charge in [-0.25, -0.2) is 4.79 Å². The van der Waals surface area contributed by atoms with Gasteiger partial charge in [0, 0.05) is 6.07 Å². The number of carbonyl (C=O) groups excluding carboxylic acids is 1. The van der Waals surface area contributed by atoms with Crippen LogP contribution in [0.2, 0.25) is 5.02 Å². The molecule has 1 atom stereocenters. The SMILES string of the molecule is O=C(N[C@@H](CO)C(=O)O)c1cccc([N+](=O)[O-])c1Cl. The summed E-state index contributed by atoms with van der Waals surface area (Å²) in [5.41, 5.74) is -0.708. The molecule has 1 amide bonds. The standard InChI is InChI=1S/C10H9ClN2O6/c11-8-5(2-1-3-7(8)13(18)19)9(15)12-6(4-14)10(16)17/h1-3,6,14H,4H2,(H,12,15)(H,16,17)/t6-/m0/s1. The van der Waals surface area contributed by atoms with E-state index < -0.39 is 40.2 Å². The number of carbonyl (C=O) groups is 2. The van der Waals surface area contributed by atoms with Gasteiger partial charge in [-0.05, 0) is 6.07 Å². The molecule has 0 saturated heterocycles. The van der Waals surface area contributed by atoms with Crippen LogP contribution in [0.25, 0.3) is 0 Å². The fourth-order valence-electron chi connectivity index (χ4n) is 1.26. The Morgan fingerprint density at radius 1 is 1.47 bits per heavy atom. The van der Waals surface area contributed by atoms with E-state index in [4.69, 9.17) is 21.8 Å². The number of nitrogens with one attached hydrogen (secondary N) is 1. The number of carboxylic acids is 1. The Balaban J connectivity index is 3.04. The highest BCUT2D eigenvalue weighted by atomic mass is 35.5. The molecule has 0 aliphatic rings. The average Bonchev–Trinajstić information content (AvgIpc) is 2.35. The third-order valence-corrected chi connectivity index (χ3v) is 2.60. The number of benzene rings is 1. The van der Waals surface area contributed by atoms with E-state index in [-0.39, 0.29) is 5.56 Å². The van der Waals surface area contributed by atoms with E-state index in [1.54, 1.807) is 0 Å². The molecule has 0 unspecified atom stereocenters. The summed E-state index contributed by atoms with van der Waals surface area (Å²) in [6.45, 7) is -0.812. The first-order chi connectivity index (χ1) is 8.88. The molecule has 19 heavy (non-hydrogen) atoms. The minimum atomic E-state index is -1.51. The van der Waals surface area contributed by atoms with Crippen LogP contribution in [0, 0.1) is 10.1 Å². The quantitative estimate of drug-likeness (QED) is 0.532. The molecule has 0 spiro atoms. The fourth-order valence-corrected chi connectivity index (χ4v) is 1.54. The van der Waals surface area contributed by atoms with Crippen molar-refractivity contribution in [3.8, 4) is 0 Å². The maximum Gasteiger partial charge on any atom is 0.328 e. The van der Waals surface area contributed by atoms with Crippen LogP contribution in [0.15, 0.2) is 18.2 Å². The van der Waals surface area contributed by atoms with Gasteiger partial charge < -0.3 is 15.5 Å². The molecule has 0 aromatic heterocycles. The molecule has 8 nitrogen and oxygen atoms in total. The van der Waals surface area contributed by atoms with Crippen molar-refractivity contribution < 1.29 is 24.7 Å². The highest BCUT2D eigenvalue weighted by molar-refractivity contribution is 6.35. The molecular formula is C10H9ClN2O6. The summed E-state index contributed by atoms with van der Waals surface area (Å²) < 4.78 is 0. The third-order valence-electron chi connectivity index (χ3n) is 2.21. The number of halogens is 1. The number of nitrogens with zero attached hydrogens (tertiary/aromatic N) is 1. The summed E-state index contributed by atoms with van der Waals surface area (Å²) in [5.74, 6) is -2.35. The van der Waals surface area contributed by atoms with E-state index >= 15 is 0 Å². The second-order valence-corrected chi connectivity index (χ2v) is 3.82. The van der Waals surface area contributed by atoms with Crippen LogP contribution in [0.3, 0.4) is 0 Å². The molecule has 0 aliphatic carbocycles. The molecule has 1 aromatic rings. The van der Waals surface area contributed by atoms with Gasteiger partial charge in [-0.1, -0.05) is 17.7 Å². The van der Waals surface area contributed by atoms with Gasteiger partial charge in [0.15, 0.2) is 6.04 Å². The lowest BCUT2D eigenvalue weighted by atomic mass is 10.1. The van der Waals surface area contributed by atoms with Crippen molar-refractivity contribution in [2.45, 2.75) is 6.04 Å². The summed E-state index contributed by atoms with van der Waals surface area (Å²) in [6.07, 6.45) is 0. The number of rotatable bonds is 5. The molecule has 0 fully saturated rings. The maximum atomic E-state index is 11.7. The first-order valence-corrected chi connectivity index (χ1v) is 5.33. The van der Waals surface area contributed by atoms with E-state index in [9.17, 15) is 19.7 Å². The predicted octanol–water partition coefficient (Wildman–Crippen LogP) is 0.424.